The van der Waals surface area contributed by atoms with Gasteiger partial charge in [-0.3, -0.25) is 4.52 Å². The van der Waals surface area contributed by atoms with Gasteiger partial charge < -0.3 is 34.9 Å². The Morgan fingerprint density at radius 3 is 2.60 bits per heavy atom. The Morgan fingerprint density at radius 2 is 1.97 bits per heavy atom. The highest BCUT2D eigenvalue weighted by atomic mass is 31.2. The maximum Gasteiger partial charge on any atom is 0.469 e. The van der Waals surface area contributed by atoms with Crippen LogP contribution in [0, 0.1) is 0 Å². The fraction of sp³-hybridized carbons (Fsp3) is 0.421. The summed E-state index contributed by atoms with van der Waals surface area (Å²) >= 11 is 0. The summed E-state index contributed by atoms with van der Waals surface area (Å²) < 4.78 is 20.9. The lowest BCUT2D eigenvalue weighted by molar-refractivity contribution is -0.146. The number of rotatable bonds is 11. The van der Waals surface area contributed by atoms with Crippen LogP contribution in [-0.2, 0) is 18.6 Å². The first-order valence-corrected chi connectivity index (χ1v) is 10.5. The molecule has 0 aromatic carbocycles. The van der Waals surface area contributed by atoms with Gasteiger partial charge >= 0.3 is 13.8 Å². The number of aliphatic hydroxyl groups excluding tert-OH is 3. The lowest BCUT2D eigenvalue weighted by Gasteiger charge is -2.32. The van der Waals surface area contributed by atoms with Crippen molar-refractivity contribution in [2.45, 2.75) is 43.4 Å². The smallest absolute Gasteiger partial charge is 0.452 e. The molecule has 0 bridgehead atoms. The highest BCUT2D eigenvalue weighted by molar-refractivity contribution is 7.46. The molecule has 0 saturated carbocycles. The summed E-state index contributed by atoms with van der Waals surface area (Å²) in [6, 6.07) is 0. The minimum atomic E-state index is -5.02. The molecule has 1 aliphatic rings. The van der Waals surface area contributed by atoms with Gasteiger partial charge in [-0.1, -0.05) is 42.5 Å². The third-order valence-corrected chi connectivity index (χ3v) is 4.45. The third kappa shape index (κ3) is 10.2. The topological polar surface area (TPSA) is 174 Å². The molecular formula is C19H27O10P. The summed E-state index contributed by atoms with van der Waals surface area (Å²) in [5.74, 6) is -0.694. The van der Waals surface area contributed by atoms with Gasteiger partial charge in [0.05, 0.1) is 12.7 Å². The summed E-state index contributed by atoms with van der Waals surface area (Å²) in [5.41, 5.74) is -2.00. The number of carbonyl (C=O) groups excluding carboxylic acids is 1. The first-order valence-electron chi connectivity index (χ1n) is 8.96. The van der Waals surface area contributed by atoms with Crippen molar-refractivity contribution < 1.29 is 48.8 Å². The molecule has 10 nitrogen and oxygen atoms in total. The van der Waals surface area contributed by atoms with Crippen LogP contribution in [0.5, 0.6) is 0 Å². The largest absolute Gasteiger partial charge is 0.469 e. The van der Waals surface area contributed by atoms with E-state index < -0.39 is 43.8 Å². The highest BCUT2D eigenvalue weighted by Gasteiger charge is 2.37. The average Bonchev–Trinajstić information content (AvgIpc) is 2.63. The Bertz CT molecular complexity index is 746. The summed E-state index contributed by atoms with van der Waals surface area (Å²) in [6.07, 6.45) is 8.07. The Kier molecular flexibility index (Phi) is 10.5. The minimum Gasteiger partial charge on any atom is -0.452 e. The number of carbonyl (C=O) groups is 1. The van der Waals surface area contributed by atoms with Crippen molar-refractivity contribution in [3.05, 3.63) is 60.8 Å². The van der Waals surface area contributed by atoms with E-state index in [0.29, 0.717) is 0 Å². The molecule has 1 rings (SSSR count). The third-order valence-electron chi connectivity index (χ3n) is 3.92. The predicted molar refractivity (Wildman–Crippen MR) is 107 cm³/mol. The van der Waals surface area contributed by atoms with E-state index in [1.165, 1.54) is 37.3 Å². The van der Waals surface area contributed by atoms with E-state index in [1.807, 2.05) is 0 Å². The fourth-order valence-electron chi connectivity index (χ4n) is 2.39. The van der Waals surface area contributed by atoms with E-state index >= 15 is 0 Å². The van der Waals surface area contributed by atoms with Crippen LogP contribution in [-0.4, -0.2) is 72.8 Å². The minimum absolute atomic E-state index is 0.117. The predicted octanol–water partition coefficient (Wildman–Crippen LogP) is 0.0259. The van der Waals surface area contributed by atoms with Crippen LogP contribution < -0.4 is 0 Å². The van der Waals surface area contributed by atoms with E-state index in [2.05, 4.69) is 4.52 Å². The SMILES string of the molecule is C[C@@](O)(/C=C/[C@@H]1OC(=O)C=CC1O)[C@@H](C[C@@H](O)C=CC=C/C=C/CO)OP(=O)(O)O. The molecule has 1 unspecified atom stereocenters. The number of phosphoric acid groups is 1. The monoisotopic (exact) mass is 446 g/mol. The van der Waals surface area contributed by atoms with Gasteiger partial charge in [0, 0.05) is 12.5 Å². The van der Waals surface area contributed by atoms with Gasteiger partial charge in [0.1, 0.15) is 23.9 Å². The van der Waals surface area contributed by atoms with E-state index in [0.717, 1.165) is 12.2 Å². The molecule has 0 amide bonds. The first-order chi connectivity index (χ1) is 13.9. The molecule has 6 N–H and O–H groups in total. The number of hydrogen-bond donors (Lipinski definition) is 6. The summed E-state index contributed by atoms with van der Waals surface area (Å²) in [5, 5.41) is 39.2. The lowest BCUT2D eigenvalue weighted by Crippen LogP contribution is -2.41. The fourth-order valence-corrected chi connectivity index (χ4v) is 3.02. The number of esters is 1. The summed E-state index contributed by atoms with van der Waals surface area (Å²) in [7, 11) is -5.02. The van der Waals surface area contributed by atoms with Crippen LogP contribution in [0.3, 0.4) is 0 Å². The second-order valence-electron chi connectivity index (χ2n) is 6.60. The molecular weight excluding hydrogens is 419 g/mol. The van der Waals surface area contributed by atoms with E-state index in [9.17, 15) is 24.7 Å². The molecule has 1 aliphatic heterocycles. The van der Waals surface area contributed by atoms with Gasteiger partial charge in [0.25, 0.3) is 0 Å². The molecule has 0 spiro atoms. The van der Waals surface area contributed by atoms with Crippen molar-refractivity contribution in [1.82, 2.24) is 0 Å². The number of ether oxygens (including phenoxy) is 1. The molecule has 1 heterocycles. The maximum absolute atomic E-state index is 11.3. The van der Waals surface area contributed by atoms with Gasteiger partial charge in [-0.25, -0.2) is 9.36 Å². The van der Waals surface area contributed by atoms with Gasteiger partial charge in [0.15, 0.2) is 0 Å². The van der Waals surface area contributed by atoms with Crippen molar-refractivity contribution in [3.8, 4) is 0 Å². The van der Waals surface area contributed by atoms with Crippen LogP contribution >= 0.6 is 7.82 Å². The zero-order valence-corrected chi connectivity index (χ0v) is 17.2. The molecule has 0 radical (unpaired) electrons. The van der Waals surface area contributed by atoms with Gasteiger partial charge in [0.2, 0.25) is 0 Å². The van der Waals surface area contributed by atoms with Crippen LogP contribution in [0.4, 0.5) is 0 Å². The number of aliphatic hydroxyl groups is 4. The van der Waals surface area contributed by atoms with Crippen LogP contribution in [0.15, 0.2) is 60.8 Å². The van der Waals surface area contributed by atoms with Crippen molar-refractivity contribution in [3.63, 3.8) is 0 Å². The number of allylic oxidation sites excluding steroid dienone is 4. The Labute approximate surface area is 174 Å². The molecule has 0 fully saturated rings. The Balaban J connectivity index is 2.90. The molecule has 0 saturated heterocycles. The summed E-state index contributed by atoms with van der Waals surface area (Å²) in [4.78, 5) is 29.6. The van der Waals surface area contributed by atoms with Crippen LogP contribution in [0.25, 0.3) is 0 Å². The highest BCUT2D eigenvalue weighted by Crippen LogP contribution is 2.41. The average molecular weight is 446 g/mol. The second-order valence-corrected chi connectivity index (χ2v) is 7.80. The number of phosphoric ester groups is 1. The van der Waals surface area contributed by atoms with Crippen LogP contribution in [0.1, 0.15) is 13.3 Å². The zero-order chi connectivity index (χ0) is 22.8. The van der Waals surface area contributed by atoms with Crippen molar-refractivity contribution >= 4 is 13.8 Å². The lowest BCUT2D eigenvalue weighted by atomic mass is 9.92. The van der Waals surface area contributed by atoms with Gasteiger partial charge in [-0.2, -0.15) is 0 Å². The van der Waals surface area contributed by atoms with E-state index in [1.54, 1.807) is 18.2 Å². The molecule has 0 aromatic rings. The molecule has 11 heteroatoms. The van der Waals surface area contributed by atoms with Crippen molar-refractivity contribution in [1.29, 1.82) is 0 Å². The van der Waals surface area contributed by atoms with Crippen molar-refractivity contribution in [2.75, 3.05) is 6.61 Å². The standard InChI is InChI=1S/C19H27O10P/c1-19(24,11-10-16-15(22)8-9-18(23)28-16)17(29-30(25,26)27)13-14(21)7-5-3-2-4-6-12-20/h2-11,14-17,20-22,24H,12-13H2,1H3,(H2,25,26,27)/b3-2?,6-4+,7-5?,11-10+/t14-,15?,16-,17+,19+/m0/s1. The number of cyclic esters (lactones) is 1. The van der Waals surface area contributed by atoms with Gasteiger partial charge in [-0.05, 0) is 19.1 Å². The summed E-state index contributed by atoms with van der Waals surface area (Å²) in [6.45, 7) is 1.07. The number of hydrogen-bond acceptors (Lipinski definition) is 8. The second kappa shape index (κ2) is 12.1. The van der Waals surface area contributed by atoms with Crippen molar-refractivity contribution in [2.24, 2.45) is 0 Å². The molecule has 0 aromatic heterocycles. The first kappa shape index (κ1) is 26.2. The molecule has 5 atom stereocenters. The molecule has 168 valence electrons. The quantitative estimate of drug-likeness (QED) is 0.110. The molecule has 0 aliphatic carbocycles. The van der Waals surface area contributed by atoms with Gasteiger partial charge in [-0.15, -0.1) is 0 Å². The normalized spacial score (nSPS) is 24.7. The van der Waals surface area contributed by atoms with E-state index in [4.69, 9.17) is 19.6 Å². The Hall–Kier alpha value is -1.88. The maximum atomic E-state index is 11.3. The van der Waals surface area contributed by atoms with Crippen LogP contribution in [0.2, 0.25) is 0 Å². The molecule has 30 heavy (non-hydrogen) atoms. The zero-order valence-electron chi connectivity index (χ0n) is 16.3. The van der Waals surface area contributed by atoms with E-state index in [-0.39, 0.29) is 13.0 Å². The Morgan fingerprint density at radius 1 is 1.30 bits per heavy atom.